The Balaban J connectivity index is 1.57. The molecule has 0 radical (unpaired) electrons. The average molecular weight is 288 g/mol. The smallest absolute Gasteiger partial charge is 0.269 e. The van der Waals surface area contributed by atoms with E-state index in [-0.39, 0.29) is 5.91 Å². The lowest BCUT2D eigenvalue weighted by Crippen LogP contribution is -2.41. The number of hydrogen-bond acceptors (Lipinski definition) is 4. The van der Waals surface area contributed by atoms with Crippen molar-refractivity contribution >= 4 is 11.6 Å². The molecule has 2 aliphatic heterocycles. The van der Waals surface area contributed by atoms with E-state index >= 15 is 0 Å². The fourth-order valence-electron chi connectivity index (χ4n) is 3.75. The Morgan fingerprint density at radius 2 is 2.10 bits per heavy atom. The molecule has 0 aromatic carbocycles. The van der Waals surface area contributed by atoms with E-state index in [0.717, 1.165) is 30.2 Å². The van der Waals surface area contributed by atoms with E-state index in [1.807, 2.05) is 12.1 Å². The second-order valence-electron chi connectivity index (χ2n) is 6.28. The van der Waals surface area contributed by atoms with Crippen LogP contribution in [0.15, 0.2) is 18.3 Å². The minimum Gasteiger partial charge on any atom is -0.385 e. The molecule has 0 spiro atoms. The van der Waals surface area contributed by atoms with Gasteiger partial charge in [0.15, 0.2) is 0 Å². The number of nitrogens with one attached hydrogen (secondary N) is 2. The molecule has 2 fully saturated rings. The summed E-state index contributed by atoms with van der Waals surface area (Å²) in [5, 5.41) is 6.08. The molecule has 0 saturated carbocycles. The van der Waals surface area contributed by atoms with E-state index in [1.54, 1.807) is 13.2 Å². The van der Waals surface area contributed by atoms with Crippen LogP contribution in [0.1, 0.15) is 36.2 Å². The maximum Gasteiger partial charge on any atom is 0.269 e. The van der Waals surface area contributed by atoms with Gasteiger partial charge in [0.25, 0.3) is 5.91 Å². The van der Waals surface area contributed by atoms with E-state index < -0.39 is 0 Å². The van der Waals surface area contributed by atoms with Crippen LogP contribution in [0, 0.1) is 5.92 Å². The quantitative estimate of drug-likeness (QED) is 0.886. The van der Waals surface area contributed by atoms with Crippen molar-refractivity contribution in [3.05, 3.63) is 24.0 Å². The molecule has 3 heterocycles. The van der Waals surface area contributed by atoms with Gasteiger partial charge in [-0.1, -0.05) is 0 Å². The van der Waals surface area contributed by atoms with Crippen molar-refractivity contribution in [2.24, 2.45) is 5.92 Å². The van der Waals surface area contributed by atoms with Crippen LogP contribution >= 0.6 is 0 Å². The third-order valence-electron chi connectivity index (χ3n) is 5.01. The van der Waals surface area contributed by atoms with Crippen molar-refractivity contribution in [3.8, 4) is 0 Å². The number of rotatable bonds is 4. The Labute approximate surface area is 126 Å². The molecule has 2 atom stereocenters. The number of aromatic nitrogens is 1. The van der Waals surface area contributed by atoms with Gasteiger partial charge in [-0.3, -0.25) is 9.78 Å². The van der Waals surface area contributed by atoms with Gasteiger partial charge in [-0.25, -0.2) is 0 Å². The molecule has 0 aliphatic carbocycles. The Morgan fingerprint density at radius 3 is 2.76 bits per heavy atom. The summed E-state index contributed by atoms with van der Waals surface area (Å²) in [6, 6.07) is 5.29. The SMILES string of the molecule is CNC(=O)c1cc(NCC2CC3CCC(C2)N3C)ccn1. The molecule has 114 valence electrons. The summed E-state index contributed by atoms with van der Waals surface area (Å²) < 4.78 is 0. The maximum absolute atomic E-state index is 11.6. The molecule has 5 heteroatoms. The van der Waals surface area contributed by atoms with Crippen LogP contribution in [0.3, 0.4) is 0 Å². The minimum absolute atomic E-state index is 0.143. The van der Waals surface area contributed by atoms with Gasteiger partial charge in [0.1, 0.15) is 5.69 Å². The van der Waals surface area contributed by atoms with Gasteiger partial charge in [0.2, 0.25) is 0 Å². The fourth-order valence-corrected chi connectivity index (χ4v) is 3.75. The summed E-state index contributed by atoms with van der Waals surface area (Å²) in [7, 11) is 3.89. The largest absolute Gasteiger partial charge is 0.385 e. The summed E-state index contributed by atoms with van der Waals surface area (Å²) in [6.07, 6.45) is 6.97. The first-order valence-electron chi connectivity index (χ1n) is 7.81. The summed E-state index contributed by atoms with van der Waals surface area (Å²) in [5.74, 6) is 0.589. The topological polar surface area (TPSA) is 57.3 Å². The van der Waals surface area contributed by atoms with Crippen LogP contribution in [0.4, 0.5) is 5.69 Å². The molecule has 5 nitrogen and oxygen atoms in total. The summed E-state index contributed by atoms with van der Waals surface area (Å²) in [4.78, 5) is 18.2. The van der Waals surface area contributed by atoms with Crippen LogP contribution in [0.25, 0.3) is 0 Å². The predicted octanol–water partition coefficient (Wildman–Crippen LogP) is 1.73. The van der Waals surface area contributed by atoms with Crippen LogP contribution in [-0.2, 0) is 0 Å². The summed E-state index contributed by atoms with van der Waals surface area (Å²) in [6.45, 7) is 0.984. The van der Waals surface area contributed by atoms with Gasteiger partial charge in [-0.2, -0.15) is 0 Å². The van der Waals surface area contributed by atoms with E-state index in [9.17, 15) is 4.79 Å². The molecule has 1 aromatic heterocycles. The maximum atomic E-state index is 11.6. The third kappa shape index (κ3) is 3.02. The number of hydrogen-bond donors (Lipinski definition) is 2. The normalized spacial score (nSPS) is 28.4. The lowest BCUT2D eigenvalue weighted by molar-refractivity contribution is 0.0958. The lowest BCUT2D eigenvalue weighted by atomic mass is 9.91. The van der Waals surface area contributed by atoms with Crippen LogP contribution in [-0.4, -0.2) is 48.5 Å². The number of nitrogens with zero attached hydrogens (tertiary/aromatic N) is 2. The number of anilines is 1. The van der Waals surface area contributed by atoms with Crippen molar-refractivity contribution < 1.29 is 4.79 Å². The van der Waals surface area contributed by atoms with Crippen molar-refractivity contribution in [1.29, 1.82) is 0 Å². The first-order valence-corrected chi connectivity index (χ1v) is 7.81. The van der Waals surface area contributed by atoms with E-state index in [2.05, 4.69) is 27.6 Å². The molecule has 2 bridgehead atoms. The highest BCUT2D eigenvalue weighted by Crippen LogP contribution is 2.37. The van der Waals surface area contributed by atoms with Crippen molar-refractivity contribution in [1.82, 2.24) is 15.2 Å². The minimum atomic E-state index is -0.143. The van der Waals surface area contributed by atoms with Crippen molar-refractivity contribution in [3.63, 3.8) is 0 Å². The van der Waals surface area contributed by atoms with E-state index in [1.165, 1.54) is 25.7 Å². The zero-order valence-corrected chi connectivity index (χ0v) is 12.8. The van der Waals surface area contributed by atoms with Gasteiger partial charge >= 0.3 is 0 Å². The average Bonchev–Trinajstić information content (AvgIpc) is 2.74. The molecule has 1 aromatic rings. The lowest BCUT2D eigenvalue weighted by Gasteiger charge is -2.36. The van der Waals surface area contributed by atoms with E-state index in [0.29, 0.717) is 5.69 Å². The standard InChI is InChI=1S/C16H24N4O/c1-17-16(21)15-9-12(5-6-18-15)19-10-11-7-13-3-4-14(8-11)20(13)2/h5-6,9,11,13-14H,3-4,7-8,10H2,1-2H3,(H,17,21)(H,18,19). The Bertz CT molecular complexity index is 505. The molecular formula is C16H24N4O. The Hall–Kier alpha value is -1.62. The van der Waals surface area contributed by atoms with Crippen LogP contribution < -0.4 is 10.6 Å². The van der Waals surface area contributed by atoms with Gasteiger partial charge in [-0.15, -0.1) is 0 Å². The molecule has 3 rings (SSSR count). The number of amides is 1. The van der Waals surface area contributed by atoms with Gasteiger partial charge < -0.3 is 15.5 Å². The highest BCUT2D eigenvalue weighted by Gasteiger charge is 2.38. The summed E-state index contributed by atoms with van der Waals surface area (Å²) >= 11 is 0. The second kappa shape index (κ2) is 6.02. The monoisotopic (exact) mass is 288 g/mol. The zero-order chi connectivity index (χ0) is 14.8. The molecule has 21 heavy (non-hydrogen) atoms. The number of pyridine rings is 1. The Kier molecular flexibility index (Phi) is 4.10. The number of carbonyl (C=O) groups is 1. The third-order valence-corrected chi connectivity index (χ3v) is 5.01. The van der Waals surface area contributed by atoms with Crippen LogP contribution in [0.5, 0.6) is 0 Å². The summed E-state index contributed by atoms with van der Waals surface area (Å²) in [5.41, 5.74) is 1.45. The number of carbonyl (C=O) groups excluding carboxylic acids is 1. The zero-order valence-electron chi connectivity index (χ0n) is 12.8. The Morgan fingerprint density at radius 1 is 1.38 bits per heavy atom. The number of fused-ring (bicyclic) bond motifs is 2. The molecular weight excluding hydrogens is 264 g/mol. The molecule has 2 saturated heterocycles. The van der Waals surface area contributed by atoms with Gasteiger partial charge in [-0.05, 0) is 50.8 Å². The number of piperidine rings is 1. The molecule has 2 N–H and O–H groups in total. The second-order valence-corrected chi connectivity index (χ2v) is 6.28. The van der Waals surface area contributed by atoms with Crippen LogP contribution in [0.2, 0.25) is 0 Å². The predicted molar refractivity (Wildman–Crippen MR) is 83.4 cm³/mol. The molecule has 1 amide bonds. The van der Waals surface area contributed by atoms with Gasteiger partial charge in [0.05, 0.1) is 0 Å². The molecule has 2 aliphatic rings. The van der Waals surface area contributed by atoms with Crippen molar-refractivity contribution in [2.75, 3.05) is 26.0 Å². The first kappa shape index (κ1) is 14.3. The van der Waals surface area contributed by atoms with E-state index in [4.69, 9.17) is 0 Å². The van der Waals surface area contributed by atoms with Crippen molar-refractivity contribution in [2.45, 2.75) is 37.8 Å². The first-order chi connectivity index (χ1) is 10.2. The highest BCUT2D eigenvalue weighted by molar-refractivity contribution is 5.92. The fraction of sp³-hybridized carbons (Fsp3) is 0.625. The van der Waals surface area contributed by atoms with Gasteiger partial charge in [0, 0.05) is 37.6 Å². The molecule has 2 unspecified atom stereocenters. The highest BCUT2D eigenvalue weighted by atomic mass is 16.1.